The molecule has 0 unspecified atom stereocenters. The number of urea groups is 1. The number of nitriles is 1. The van der Waals surface area contributed by atoms with Gasteiger partial charge in [0.05, 0.1) is 24.7 Å². The van der Waals surface area contributed by atoms with E-state index in [4.69, 9.17) is 4.74 Å². The molecule has 2 aromatic rings. The largest absolute Gasteiger partial charge is 0.486 e. The zero-order valence-electron chi connectivity index (χ0n) is 16.0. The van der Waals surface area contributed by atoms with Crippen molar-refractivity contribution in [1.29, 1.82) is 5.26 Å². The molecule has 1 fully saturated rings. The number of amides is 2. The molecule has 2 aliphatic heterocycles. The number of rotatable bonds is 3. The van der Waals surface area contributed by atoms with Crippen LogP contribution in [0.25, 0.3) is 17.2 Å². The van der Waals surface area contributed by atoms with Gasteiger partial charge < -0.3 is 19.9 Å². The number of ether oxygens (including phenoxy) is 1. The minimum Gasteiger partial charge on any atom is -0.486 e. The third-order valence-electron chi connectivity index (χ3n) is 5.13. The second kappa shape index (κ2) is 7.28. The number of hydrogen-bond acceptors (Lipinski definition) is 4. The van der Waals surface area contributed by atoms with Crippen molar-refractivity contribution in [2.24, 2.45) is 0 Å². The molecule has 0 aromatic heterocycles. The summed E-state index contributed by atoms with van der Waals surface area (Å²) in [4.78, 5) is 15.5. The highest BCUT2D eigenvalue weighted by Gasteiger charge is 2.32. The summed E-state index contributed by atoms with van der Waals surface area (Å²) in [6, 6.07) is 13.9. The van der Waals surface area contributed by atoms with Gasteiger partial charge >= 0.3 is 6.03 Å². The predicted molar refractivity (Wildman–Crippen MR) is 108 cm³/mol. The van der Waals surface area contributed by atoms with Gasteiger partial charge in [0.25, 0.3) is 0 Å². The Morgan fingerprint density at radius 2 is 2.07 bits per heavy atom. The van der Waals surface area contributed by atoms with Crippen LogP contribution in [0.1, 0.15) is 16.7 Å². The van der Waals surface area contributed by atoms with Crippen molar-refractivity contribution in [1.82, 2.24) is 15.1 Å². The minimum absolute atomic E-state index is 0.0155. The Morgan fingerprint density at radius 1 is 1.25 bits per heavy atom. The van der Waals surface area contributed by atoms with E-state index in [1.807, 2.05) is 31.3 Å². The SMILES string of the molecule is CNC(=O)N1CC(Oc2cc(-c3cccc(C#N)c3)cc3c2CN(C)C=C3)C1. The molecule has 1 N–H and O–H groups in total. The number of benzene rings is 2. The first-order valence-electron chi connectivity index (χ1n) is 9.26. The highest BCUT2D eigenvalue weighted by molar-refractivity contribution is 5.75. The first kappa shape index (κ1) is 17.9. The van der Waals surface area contributed by atoms with Crippen LogP contribution in [-0.2, 0) is 6.54 Å². The molecule has 142 valence electrons. The summed E-state index contributed by atoms with van der Waals surface area (Å²) in [5.74, 6) is 0.840. The van der Waals surface area contributed by atoms with Gasteiger partial charge in [-0.15, -0.1) is 0 Å². The smallest absolute Gasteiger partial charge is 0.317 e. The Balaban J connectivity index is 1.66. The maximum absolute atomic E-state index is 11.7. The Hall–Kier alpha value is -3.46. The zero-order valence-corrected chi connectivity index (χ0v) is 16.0. The monoisotopic (exact) mass is 374 g/mol. The van der Waals surface area contributed by atoms with E-state index in [1.54, 1.807) is 18.0 Å². The van der Waals surface area contributed by atoms with Crippen molar-refractivity contribution in [2.75, 3.05) is 27.2 Å². The van der Waals surface area contributed by atoms with Crippen molar-refractivity contribution >= 4 is 12.1 Å². The van der Waals surface area contributed by atoms with Gasteiger partial charge in [0.1, 0.15) is 11.9 Å². The standard InChI is InChI=1S/C22H22N4O2/c1-24-22(27)26-12-19(13-26)28-21-10-18(16-5-3-4-15(8-16)11-23)9-17-6-7-25(2)14-20(17)21/h3-10,19H,12-14H2,1-2H3,(H,24,27). The van der Waals surface area contributed by atoms with Gasteiger partial charge in [-0.3, -0.25) is 0 Å². The fourth-order valence-corrected chi connectivity index (χ4v) is 3.55. The van der Waals surface area contributed by atoms with E-state index in [-0.39, 0.29) is 12.1 Å². The molecular formula is C22H22N4O2. The molecule has 6 heteroatoms. The quantitative estimate of drug-likeness (QED) is 0.897. The summed E-state index contributed by atoms with van der Waals surface area (Å²) in [6.45, 7) is 1.92. The lowest BCUT2D eigenvalue weighted by Gasteiger charge is -2.39. The molecule has 0 bridgehead atoms. The lowest BCUT2D eigenvalue weighted by Crippen LogP contribution is -2.58. The minimum atomic E-state index is -0.0772. The van der Waals surface area contributed by atoms with E-state index < -0.39 is 0 Å². The lowest BCUT2D eigenvalue weighted by atomic mass is 9.95. The van der Waals surface area contributed by atoms with Gasteiger partial charge in [-0.05, 0) is 53.2 Å². The van der Waals surface area contributed by atoms with Crippen LogP contribution in [0.2, 0.25) is 0 Å². The van der Waals surface area contributed by atoms with Gasteiger partial charge in [-0.25, -0.2) is 4.79 Å². The van der Waals surface area contributed by atoms with Crippen LogP contribution in [-0.4, -0.2) is 49.1 Å². The fourth-order valence-electron chi connectivity index (χ4n) is 3.55. The maximum Gasteiger partial charge on any atom is 0.317 e. The Labute approximate surface area is 164 Å². The topological polar surface area (TPSA) is 68.6 Å². The molecule has 0 aliphatic carbocycles. The summed E-state index contributed by atoms with van der Waals surface area (Å²) in [5.41, 5.74) is 4.90. The number of nitrogens with one attached hydrogen (secondary N) is 1. The molecule has 0 radical (unpaired) electrons. The lowest BCUT2D eigenvalue weighted by molar-refractivity contribution is 0.0442. The van der Waals surface area contributed by atoms with Crippen molar-refractivity contribution in [3.8, 4) is 22.9 Å². The van der Waals surface area contributed by atoms with Gasteiger partial charge in [-0.1, -0.05) is 12.1 Å². The van der Waals surface area contributed by atoms with Gasteiger partial charge in [0, 0.05) is 26.2 Å². The third-order valence-corrected chi connectivity index (χ3v) is 5.13. The normalized spacial score (nSPS) is 15.5. The molecule has 0 atom stereocenters. The van der Waals surface area contributed by atoms with Crippen molar-refractivity contribution in [3.05, 3.63) is 59.3 Å². The van der Waals surface area contributed by atoms with E-state index >= 15 is 0 Å². The van der Waals surface area contributed by atoms with E-state index in [2.05, 4.69) is 34.6 Å². The Morgan fingerprint density at radius 3 is 2.82 bits per heavy atom. The molecule has 0 spiro atoms. The number of nitrogens with zero attached hydrogens (tertiary/aromatic N) is 3. The molecule has 0 saturated carbocycles. The molecule has 2 aliphatic rings. The molecule has 4 rings (SSSR count). The second-order valence-electron chi connectivity index (χ2n) is 7.17. The van der Waals surface area contributed by atoms with Crippen molar-refractivity contribution in [2.45, 2.75) is 12.6 Å². The highest BCUT2D eigenvalue weighted by Crippen LogP contribution is 2.35. The van der Waals surface area contributed by atoms with Crippen LogP contribution < -0.4 is 10.1 Å². The van der Waals surface area contributed by atoms with Crippen molar-refractivity contribution < 1.29 is 9.53 Å². The zero-order chi connectivity index (χ0) is 19.7. The molecule has 2 amide bonds. The summed E-state index contributed by atoms with van der Waals surface area (Å²) >= 11 is 0. The van der Waals surface area contributed by atoms with Crippen LogP contribution in [0.4, 0.5) is 4.79 Å². The molecule has 1 saturated heterocycles. The van der Waals surface area contributed by atoms with Crippen LogP contribution >= 0.6 is 0 Å². The van der Waals surface area contributed by atoms with Gasteiger partial charge in [0.2, 0.25) is 0 Å². The molecular weight excluding hydrogens is 352 g/mol. The fraction of sp³-hybridized carbons (Fsp3) is 0.273. The van der Waals surface area contributed by atoms with Crippen LogP contribution in [0.5, 0.6) is 5.75 Å². The Bertz CT molecular complexity index is 987. The highest BCUT2D eigenvalue weighted by atomic mass is 16.5. The van der Waals surface area contributed by atoms with E-state index in [1.165, 1.54) is 0 Å². The number of carbonyl (C=O) groups excluding carboxylic acids is 1. The van der Waals surface area contributed by atoms with Crippen LogP contribution in [0, 0.1) is 11.3 Å². The van der Waals surface area contributed by atoms with E-state index in [9.17, 15) is 10.1 Å². The second-order valence-corrected chi connectivity index (χ2v) is 7.17. The molecule has 2 aromatic carbocycles. The predicted octanol–water partition coefficient (Wildman–Crippen LogP) is 3.04. The average molecular weight is 374 g/mol. The number of fused-ring (bicyclic) bond motifs is 1. The summed E-state index contributed by atoms with van der Waals surface area (Å²) in [7, 11) is 3.66. The number of hydrogen-bond donors (Lipinski definition) is 1. The van der Waals surface area contributed by atoms with Crippen LogP contribution in [0.3, 0.4) is 0 Å². The number of carbonyl (C=O) groups is 1. The van der Waals surface area contributed by atoms with E-state index in [0.29, 0.717) is 18.7 Å². The van der Waals surface area contributed by atoms with E-state index in [0.717, 1.165) is 34.5 Å². The summed E-state index contributed by atoms with van der Waals surface area (Å²) < 4.78 is 6.29. The molecule has 6 nitrogen and oxygen atoms in total. The van der Waals surface area contributed by atoms with Crippen LogP contribution in [0.15, 0.2) is 42.6 Å². The molecule has 28 heavy (non-hydrogen) atoms. The Kier molecular flexibility index (Phi) is 4.66. The summed E-state index contributed by atoms with van der Waals surface area (Å²) in [6.07, 6.45) is 4.12. The first-order chi connectivity index (χ1) is 13.6. The third kappa shape index (κ3) is 3.39. The summed E-state index contributed by atoms with van der Waals surface area (Å²) in [5, 5.41) is 11.8. The van der Waals surface area contributed by atoms with Gasteiger partial charge in [0.15, 0.2) is 0 Å². The average Bonchev–Trinajstić information content (AvgIpc) is 2.69. The number of likely N-dealkylation sites (tertiary alicyclic amines) is 1. The van der Waals surface area contributed by atoms with Crippen molar-refractivity contribution in [3.63, 3.8) is 0 Å². The first-order valence-corrected chi connectivity index (χ1v) is 9.26. The molecule has 2 heterocycles. The maximum atomic E-state index is 11.7. The van der Waals surface area contributed by atoms with Gasteiger partial charge in [-0.2, -0.15) is 5.26 Å².